The Hall–Kier alpha value is -1.32. The van der Waals surface area contributed by atoms with Crippen LogP contribution >= 0.6 is 0 Å². The summed E-state index contributed by atoms with van der Waals surface area (Å²) < 4.78 is 4.47. The lowest BCUT2D eigenvalue weighted by Crippen LogP contribution is -2.13. The van der Waals surface area contributed by atoms with Crippen molar-refractivity contribution in [3.05, 3.63) is 11.6 Å². The van der Waals surface area contributed by atoms with E-state index >= 15 is 0 Å². The minimum absolute atomic E-state index is 0.167. The number of methoxy groups -OCH3 is 1. The van der Waals surface area contributed by atoms with Gasteiger partial charge in [-0.2, -0.15) is 0 Å². The van der Waals surface area contributed by atoms with Gasteiger partial charge in [0, 0.05) is 0 Å². The maximum atomic E-state index is 11.0. The van der Waals surface area contributed by atoms with E-state index in [0.717, 1.165) is 5.57 Å². The Morgan fingerprint density at radius 2 is 1.92 bits per heavy atom. The second kappa shape index (κ2) is 5.35. The quantitative estimate of drug-likeness (QED) is 0.363. The molecule has 0 aliphatic carbocycles. The highest BCUT2D eigenvalue weighted by Crippen LogP contribution is 1.94. The number of ether oxygens (including phenoxy) is 1. The first-order valence-corrected chi connectivity index (χ1v) is 3.46. The zero-order valence-corrected chi connectivity index (χ0v) is 7.75. The first kappa shape index (κ1) is 10.7. The molecular weight excluding hydrogens is 158 g/mol. The molecule has 0 aromatic carbocycles. The molecule has 0 aliphatic heterocycles. The fourth-order valence-electron chi connectivity index (χ4n) is 0.599. The molecule has 0 aromatic heterocycles. The Balaban J connectivity index is 4.57. The van der Waals surface area contributed by atoms with Gasteiger partial charge in [-0.3, -0.25) is 0 Å². The molecule has 0 aromatic rings. The lowest BCUT2D eigenvalue weighted by molar-refractivity contribution is -0.132. The van der Waals surface area contributed by atoms with Gasteiger partial charge in [0.05, 0.1) is 7.11 Å². The van der Waals surface area contributed by atoms with Crippen molar-refractivity contribution < 1.29 is 14.4 Å². The number of hydrogen-bond donors (Lipinski definition) is 0. The van der Waals surface area contributed by atoms with E-state index in [2.05, 4.69) is 14.7 Å². The Bertz CT molecular complexity index is 214. The molecule has 0 aliphatic rings. The van der Waals surface area contributed by atoms with E-state index in [0.29, 0.717) is 0 Å². The van der Waals surface area contributed by atoms with Crippen LogP contribution in [0.25, 0.3) is 0 Å². The first-order valence-electron chi connectivity index (χ1n) is 3.46. The van der Waals surface area contributed by atoms with Crippen LogP contribution in [0.15, 0.2) is 16.8 Å². The van der Waals surface area contributed by atoms with E-state index in [9.17, 15) is 4.79 Å². The summed E-state index contributed by atoms with van der Waals surface area (Å²) in [5.41, 5.74) is 1.12. The zero-order valence-electron chi connectivity index (χ0n) is 7.75. The average Bonchev–Trinajstić information content (AvgIpc) is 2.01. The van der Waals surface area contributed by atoms with Crippen molar-refractivity contribution in [2.45, 2.75) is 13.8 Å². The van der Waals surface area contributed by atoms with Crippen LogP contribution in [-0.2, 0) is 14.4 Å². The minimum atomic E-state index is -0.502. The van der Waals surface area contributed by atoms with Crippen LogP contribution in [-0.4, -0.2) is 25.9 Å². The number of nitrogens with zero attached hydrogens (tertiary/aromatic N) is 1. The van der Waals surface area contributed by atoms with Gasteiger partial charge >= 0.3 is 5.97 Å². The molecule has 68 valence electrons. The summed E-state index contributed by atoms with van der Waals surface area (Å²) in [6.07, 6.45) is 1.59. The maximum absolute atomic E-state index is 11.0. The van der Waals surface area contributed by atoms with E-state index in [1.54, 1.807) is 6.08 Å². The van der Waals surface area contributed by atoms with Gasteiger partial charge < -0.3 is 9.57 Å². The second-order valence-electron chi connectivity index (χ2n) is 2.37. The Labute approximate surface area is 71.8 Å². The summed E-state index contributed by atoms with van der Waals surface area (Å²) >= 11 is 0. The van der Waals surface area contributed by atoms with Crippen molar-refractivity contribution in [1.82, 2.24) is 0 Å². The molecule has 0 saturated heterocycles. The third-order valence-electron chi connectivity index (χ3n) is 1.01. The number of esters is 1. The van der Waals surface area contributed by atoms with Gasteiger partial charge in [-0.05, 0) is 19.9 Å². The molecule has 0 unspecified atom stereocenters. The van der Waals surface area contributed by atoms with Crippen molar-refractivity contribution >= 4 is 11.7 Å². The van der Waals surface area contributed by atoms with Gasteiger partial charge in [-0.15, -0.1) is 0 Å². The predicted molar refractivity (Wildman–Crippen MR) is 45.9 cm³/mol. The summed E-state index contributed by atoms with van der Waals surface area (Å²) in [5, 5.41) is 3.50. The summed E-state index contributed by atoms with van der Waals surface area (Å²) in [7, 11) is 2.67. The van der Waals surface area contributed by atoms with Crippen molar-refractivity contribution in [3.63, 3.8) is 0 Å². The number of carbonyl (C=O) groups is 1. The highest BCUT2D eigenvalue weighted by Gasteiger charge is 2.08. The molecular formula is C8H13NO3. The molecule has 0 rings (SSSR count). The fourth-order valence-corrected chi connectivity index (χ4v) is 0.599. The van der Waals surface area contributed by atoms with Crippen LogP contribution in [0.5, 0.6) is 0 Å². The van der Waals surface area contributed by atoms with Crippen molar-refractivity contribution in [3.8, 4) is 0 Å². The zero-order chi connectivity index (χ0) is 9.56. The first-order chi connectivity index (χ1) is 5.61. The standard InChI is InChI=1S/C8H13NO3/c1-6(2)5-7(9-12-4)8(10)11-3/h5H,1-4H3/b9-7+. The van der Waals surface area contributed by atoms with Gasteiger partial charge in [0.2, 0.25) is 0 Å². The monoisotopic (exact) mass is 171 g/mol. The van der Waals surface area contributed by atoms with E-state index < -0.39 is 5.97 Å². The van der Waals surface area contributed by atoms with Gasteiger partial charge in [0.15, 0.2) is 5.71 Å². The molecule has 0 heterocycles. The number of hydrogen-bond acceptors (Lipinski definition) is 4. The summed E-state index contributed by atoms with van der Waals surface area (Å²) in [4.78, 5) is 15.4. The minimum Gasteiger partial charge on any atom is -0.464 e. The van der Waals surface area contributed by atoms with Crippen LogP contribution in [0.3, 0.4) is 0 Å². The molecule has 12 heavy (non-hydrogen) atoms. The van der Waals surface area contributed by atoms with E-state index in [4.69, 9.17) is 0 Å². The lowest BCUT2D eigenvalue weighted by atomic mass is 10.2. The van der Waals surface area contributed by atoms with Gasteiger partial charge in [0.25, 0.3) is 0 Å². The van der Waals surface area contributed by atoms with Crippen LogP contribution in [0.2, 0.25) is 0 Å². The summed E-state index contributed by atoms with van der Waals surface area (Å²) in [5.74, 6) is -0.502. The van der Waals surface area contributed by atoms with Crippen molar-refractivity contribution in [2.24, 2.45) is 5.16 Å². The largest absolute Gasteiger partial charge is 0.464 e. The highest BCUT2D eigenvalue weighted by molar-refractivity contribution is 6.41. The Morgan fingerprint density at radius 3 is 2.25 bits per heavy atom. The molecule has 0 N–H and O–H groups in total. The van der Waals surface area contributed by atoms with Gasteiger partial charge in [0.1, 0.15) is 7.11 Å². The normalized spacial score (nSPS) is 10.5. The molecule has 0 atom stereocenters. The number of rotatable bonds is 3. The summed E-state index contributed by atoms with van der Waals surface area (Å²) in [6, 6.07) is 0. The third kappa shape index (κ3) is 3.75. The third-order valence-corrected chi connectivity index (χ3v) is 1.01. The lowest BCUT2D eigenvalue weighted by Gasteiger charge is -1.98. The topological polar surface area (TPSA) is 47.9 Å². The molecule has 4 heteroatoms. The van der Waals surface area contributed by atoms with Crippen LogP contribution in [0, 0.1) is 0 Å². The van der Waals surface area contributed by atoms with Crippen LogP contribution in [0.4, 0.5) is 0 Å². The smallest absolute Gasteiger partial charge is 0.360 e. The molecule has 0 bridgehead atoms. The molecule has 0 fully saturated rings. The van der Waals surface area contributed by atoms with Gasteiger partial charge in [-0.25, -0.2) is 4.79 Å². The van der Waals surface area contributed by atoms with Gasteiger partial charge in [-0.1, -0.05) is 10.7 Å². The van der Waals surface area contributed by atoms with E-state index in [1.165, 1.54) is 14.2 Å². The van der Waals surface area contributed by atoms with Crippen molar-refractivity contribution in [1.29, 1.82) is 0 Å². The second-order valence-corrected chi connectivity index (χ2v) is 2.37. The number of carbonyl (C=O) groups excluding carboxylic acids is 1. The Kier molecular flexibility index (Phi) is 4.76. The molecule has 0 amide bonds. The highest BCUT2D eigenvalue weighted by atomic mass is 16.6. The SMILES string of the molecule is CO/N=C(\C=C(C)C)C(=O)OC. The predicted octanol–water partition coefficient (Wildman–Crippen LogP) is 1.13. The average molecular weight is 171 g/mol. The van der Waals surface area contributed by atoms with E-state index in [1.807, 2.05) is 13.8 Å². The molecule has 4 nitrogen and oxygen atoms in total. The van der Waals surface area contributed by atoms with Crippen LogP contribution in [0.1, 0.15) is 13.8 Å². The number of allylic oxidation sites excluding steroid dienone is 1. The molecule has 0 spiro atoms. The van der Waals surface area contributed by atoms with Crippen molar-refractivity contribution in [2.75, 3.05) is 14.2 Å². The van der Waals surface area contributed by atoms with Crippen LogP contribution < -0.4 is 0 Å². The summed E-state index contributed by atoms with van der Waals surface area (Å²) in [6.45, 7) is 3.71. The fraction of sp³-hybridized carbons (Fsp3) is 0.500. The van der Waals surface area contributed by atoms with E-state index in [-0.39, 0.29) is 5.71 Å². The molecule has 0 radical (unpaired) electrons. The molecule has 0 saturated carbocycles. The number of oxime groups is 1. The maximum Gasteiger partial charge on any atom is 0.360 e. The Morgan fingerprint density at radius 1 is 1.33 bits per heavy atom.